The standard InChI is InChI=1S/C18H26BNO4/c1-16(2)17(3,4)24-19(23-16)12-5-8-15(20-11-12)18(21)9-13-6-7-14(10-18)22-13/h5,8,11,13-14,21H,6-7,9-10H2,1-4H3. The van der Waals surface area contributed by atoms with Gasteiger partial charge in [-0.05, 0) is 46.6 Å². The molecule has 2 atom stereocenters. The van der Waals surface area contributed by atoms with Crippen LogP contribution in [0.3, 0.4) is 0 Å². The maximum Gasteiger partial charge on any atom is 0.496 e. The third-order valence-electron chi connectivity index (χ3n) is 6.11. The van der Waals surface area contributed by atoms with Crippen LogP contribution in [0.2, 0.25) is 0 Å². The van der Waals surface area contributed by atoms with Crippen LogP contribution in [-0.4, -0.2) is 40.6 Å². The highest BCUT2D eigenvalue weighted by molar-refractivity contribution is 6.62. The number of ether oxygens (including phenoxy) is 1. The summed E-state index contributed by atoms with van der Waals surface area (Å²) in [5.74, 6) is 0. The first-order valence-electron chi connectivity index (χ1n) is 8.88. The van der Waals surface area contributed by atoms with E-state index in [9.17, 15) is 5.11 Å². The second kappa shape index (κ2) is 5.27. The molecular formula is C18H26BNO4. The number of nitrogens with zero attached hydrogens (tertiary/aromatic N) is 1. The molecule has 2 unspecified atom stereocenters. The van der Waals surface area contributed by atoms with E-state index in [-0.39, 0.29) is 23.4 Å². The van der Waals surface area contributed by atoms with E-state index in [4.69, 9.17) is 14.0 Å². The monoisotopic (exact) mass is 331 g/mol. The molecule has 3 saturated heterocycles. The van der Waals surface area contributed by atoms with Gasteiger partial charge in [-0.25, -0.2) is 0 Å². The van der Waals surface area contributed by atoms with Gasteiger partial charge in [0.2, 0.25) is 0 Å². The summed E-state index contributed by atoms with van der Waals surface area (Å²) in [4.78, 5) is 4.55. The molecule has 1 aromatic heterocycles. The smallest absolute Gasteiger partial charge is 0.399 e. The summed E-state index contributed by atoms with van der Waals surface area (Å²) in [5.41, 5.74) is 0.000492. The quantitative estimate of drug-likeness (QED) is 0.839. The minimum atomic E-state index is -0.876. The molecule has 0 spiro atoms. The number of hydrogen-bond donors (Lipinski definition) is 1. The molecule has 4 rings (SSSR count). The van der Waals surface area contributed by atoms with Crippen LogP contribution in [0.5, 0.6) is 0 Å². The van der Waals surface area contributed by atoms with Gasteiger partial charge in [0.05, 0.1) is 29.1 Å². The van der Waals surface area contributed by atoms with Crippen molar-refractivity contribution in [2.24, 2.45) is 0 Å². The SMILES string of the molecule is CC1(C)OB(c2ccc(C3(O)CC4CCC(C3)O4)nc2)OC1(C)C. The van der Waals surface area contributed by atoms with Crippen molar-refractivity contribution in [2.45, 2.75) is 82.4 Å². The molecule has 0 amide bonds. The highest BCUT2D eigenvalue weighted by atomic mass is 16.7. The van der Waals surface area contributed by atoms with Gasteiger partial charge in [0.15, 0.2) is 0 Å². The molecule has 1 aromatic rings. The Hall–Kier alpha value is -0.945. The molecular weight excluding hydrogens is 305 g/mol. The highest BCUT2D eigenvalue weighted by Gasteiger charge is 2.52. The third kappa shape index (κ3) is 2.60. The molecule has 24 heavy (non-hydrogen) atoms. The summed E-state index contributed by atoms with van der Waals surface area (Å²) >= 11 is 0. The van der Waals surface area contributed by atoms with Gasteiger partial charge in [-0.1, -0.05) is 6.07 Å². The topological polar surface area (TPSA) is 60.8 Å². The Labute approximate surface area is 143 Å². The van der Waals surface area contributed by atoms with Crippen molar-refractivity contribution in [3.63, 3.8) is 0 Å². The first-order chi connectivity index (χ1) is 11.2. The molecule has 3 aliphatic rings. The van der Waals surface area contributed by atoms with E-state index in [1.807, 2.05) is 39.8 Å². The fourth-order valence-electron chi connectivity index (χ4n) is 3.93. The van der Waals surface area contributed by atoms with Gasteiger partial charge in [-0.2, -0.15) is 0 Å². The Bertz CT molecular complexity index is 602. The van der Waals surface area contributed by atoms with E-state index in [0.717, 1.165) is 24.0 Å². The average molecular weight is 331 g/mol. The zero-order chi connectivity index (χ0) is 17.2. The van der Waals surface area contributed by atoms with Gasteiger partial charge < -0.3 is 19.2 Å². The van der Waals surface area contributed by atoms with E-state index in [0.29, 0.717) is 12.8 Å². The highest BCUT2D eigenvalue weighted by Crippen LogP contribution is 2.43. The van der Waals surface area contributed by atoms with Crippen LogP contribution in [0.1, 0.15) is 59.1 Å². The summed E-state index contributed by atoms with van der Waals surface area (Å²) in [6.45, 7) is 8.15. The Morgan fingerprint density at radius 1 is 1.04 bits per heavy atom. The zero-order valence-corrected chi connectivity index (χ0v) is 14.9. The molecule has 130 valence electrons. The van der Waals surface area contributed by atoms with Crippen molar-refractivity contribution < 1.29 is 19.2 Å². The summed E-state index contributed by atoms with van der Waals surface area (Å²) < 4.78 is 18.0. The van der Waals surface area contributed by atoms with Crippen molar-refractivity contribution in [1.82, 2.24) is 4.98 Å². The minimum Gasteiger partial charge on any atom is -0.399 e. The Morgan fingerprint density at radius 3 is 2.12 bits per heavy atom. The van der Waals surface area contributed by atoms with Gasteiger partial charge in [0.1, 0.15) is 5.60 Å². The fourth-order valence-corrected chi connectivity index (χ4v) is 3.93. The van der Waals surface area contributed by atoms with Gasteiger partial charge in [0.25, 0.3) is 0 Å². The first kappa shape index (κ1) is 16.5. The minimum absolute atomic E-state index is 0.165. The van der Waals surface area contributed by atoms with Crippen LogP contribution in [0, 0.1) is 0 Å². The van der Waals surface area contributed by atoms with Crippen molar-refractivity contribution in [3.8, 4) is 0 Å². The molecule has 4 heterocycles. The first-order valence-corrected chi connectivity index (χ1v) is 8.88. The normalized spacial score (nSPS) is 37.0. The second-order valence-corrected chi connectivity index (χ2v) is 8.46. The van der Waals surface area contributed by atoms with Crippen molar-refractivity contribution >= 4 is 12.6 Å². The Kier molecular flexibility index (Phi) is 3.63. The molecule has 6 heteroatoms. The van der Waals surface area contributed by atoms with E-state index >= 15 is 0 Å². The number of pyridine rings is 1. The molecule has 0 aromatic carbocycles. The van der Waals surface area contributed by atoms with E-state index < -0.39 is 12.7 Å². The van der Waals surface area contributed by atoms with Crippen LogP contribution in [0.15, 0.2) is 18.3 Å². The van der Waals surface area contributed by atoms with Crippen molar-refractivity contribution in [3.05, 3.63) is 24.0 Å². The van der Waals surface area contributed by atoms with E-state index in [2.05, 4.69) is 4.98 Å². The second-order valence-electron chi connectivity index (χ2n) is 8.46. The average Bonchev–Trinajstić information content (AvgIpc) is 2.95. The molecule has 5 nitrogen and oxygen atoms in total. The van der Waals surface area contributed by atoms with Crippen LogP contribution in [0.4, 0.5) is 0 Å². The molecule has 3 aliphatic heterocycles. The van der Waals surface area contributed by atoms with Crippen LogP contribution in [0.25, 0.3) is 0 Å². The summed E-state index contributed by atoms with van der Waals surface area (Å²) in [5, 5.41) is 11.0. The predicted octanol–water partition coefficient (Wildman–Crippen LogP) is 1.91. The number of aliphatic hydroxyl groups is 1. The molecule has 0 aliphatic carbocycles. The summed E-state index contributed by atoms with van der Waals surface area (Å²) in [6, 6.07) is 3.87. The zero-order valence-electron chi connectivity index (χ0n) is 14.9. The van der Waals surface area contributed by atoms with Gasteiger partial charge in [0, 0.05) is 24.5 Å². The van der Waals surface area contributed by atoms with Gasteiger partial charge >= 0.3 is 7.12 Å². The van der Waals surface area contributed by atoms with Crippen LogP contribution in [-0.2, 0) is 19.6 Å². The third-order valence-corrected chi connectivity index (χ3v) is 6.11. The molecule has 2 bridgehead atoms. The number of hydrogen-bond acceptors (Lipinski definition) is 5. The maximum atomic E-state index is 11.0. The largest absolute Gasteiger partial charge is 0.496 e. The number of rotatable bonds is 2. The lowest BCUT2D eigenvalue weighted by Crippen LogP contribution is -2.41. The number of aromatic nitrogens is 1. The van der Waals surface area contributed by atoms with E-state index in [1.165, 1.54) is 0 Å². The molecule has 1 N–H and O–H groups in total. The molecule has 3 fully saturated rings. The lowest BCUT2D eigenvalue weighted by molar-refractivity contribution is -0.117. The van der Waals surface area contributed by atoms with Crippen molar-refractivity contribution in [2.75, 3.05) is 0 Å². The summed E-state index contributed by atoms with van der Waals surface area (Å²) in [7, 11) is -0.419. The summed E-state index contributed by atoms with van der Waals surface area (Å²) in [6.07, 6.45) is 5.44. The van der Waals surface area contributed by atoms with Crippen molar-refractivity contribution in [1.29, 1.82) is 0 Å². The molecule has 0 radical (unpaired) electrons. The lowest BCUT2D eigenvalue weighted by Gasteiger charge is -2.36. The van der Waals surface area contributed by atoms with Crippen LogP contribution >= 0.6 is 0 Å². The maximum absolute atomic E-state index is 11.0. The van der Waals surface area contributed by atoms with Gasteiger partial charge in [-0.15, -0.1) is 0 Å². The lowest BCUT2D eigenvalue weighted by atomic mass is 9.79. The Balaban J connectivity index is 1.54. The van der Waals surface area contributed by atoms with E-state index in [1.54, 1.807) is 6.20 Å². The van der Waals surface area contributed by atoms with Gasteiger partial charge in [-0.3, -0.25) is 4.98 Å². The Morgan fingerprint density at radius 2 is 1.62 bits per heavy atom. The fraction of sp³-hybridized carbons (Fsp3) is 0.722. The van der Waals surface area contributed by atoms with Crippen LogP contribution < -0.4 is 5.46 Å². The predicted molar refractivity (Wildman–Crippen MR) is 91.0 cm³/mol. The molecule has 0 saturated carbocycles. The number of fused-ring (bicyclic) bond motifs is 2.